The predicted molar refractivity (Wildman–Crippen MR) is 114 cm³/mol. The second-order valence-corrected chi connectivity index (χ2v) is 9.85. The largest absolute Gasteiger partial charge is 0.492 e. The highest BCUT2D eigenvalue weighted by atomic mass is 16.5. The molecule has 6 heteroatoms. The Balaban J connectivity index is 1.18. The molecule has 0 radical (unpaired) electrons. The van der Waals surface area contributed by atoms with Gasteiger partial charge in [-0.05, 0) is 74.5 Å². The Labute approximate surface area is 178 Å². The Bertz CT molecular complexity index is 765. The molecule has 0 spiro atoms. The zero-order valence-corrected chi connectivity index (χ0v) is 17.7. The van der Waals surface area contributed by atoms with Crippen LogP contribution in [0.5, 0.6) is 5.75 Å². The summed E-state index contributed by atoms with van der Waals surface area (Å²) in [4.78, 5) is 15.3. The summed E-state index contributed by atoms with van der Waals surface area (Å²) in [6, 6.07) is 7.69. The first kappa shape index (κ1) is 20.3. The number of fused-ring (bicyclic) bond motifs is 2. The molecule has 1 heterocycles. The first-order valence-electron chi connectivity index (χ1n) is 11.6. The Morgan fingerprint density at radius 3 is 2.97 bits per heavy atom. The van der Waals surface area contributed by atoms with E-state index in [-0.39, 0.29) is 11.9 Å². The lowest BCUT2D eigenvalue weighted by atomic mass is 9.77. The first-order valence-corrected chi connectivity index (χ1v) is 11.6. The fourth-order valence-electron chi connectivity index (χ4n) is 6.40. The summed E-state index contributed by atoms with van der Waals surface area (Å²) in [6.45, 7) is 4.96. The number of benzene rings is 1. The summed E-state index contributed by atoms with van der Waals surface area (Å²) < 4.78 is 11.3. The number of amides is 1. The molecule has 1 aromatic carbocycles. The van der Waals surface area contributed by atoms with Crippen molar-refractivity contribution in [2.24, 2.45) is 17.8 Å². The Hall–Kier alpha value is -1.63. The van der Waals surface area contributed by atoms with Gasteiger partial charge in [0.15, 0.2) is 0 Å². The second kappa shape index (κ2) is 8.48. The summed E-state index contributed by atoms with van der Waals surface area (Å²) in [7, 11) is 0. The number of rotatable bonds is 6. The lowest BCUT2D eigenvalue weighted by molar-refractivity contribution is -0.00594. The maximum atomic E-state index is 13.0. The van der Waals surface area contributed by atoms with E-state index < -0.39 is 5.60 Å². The van der Waals surface area contributed by atoms with E-state index in [0.29, 0.717) is 29.9 Å². The van der Waals surface area contributed by atoms with Crippen molar-refractivity contribution >= 4 is 5.91 Å². The van der Waals surface area contributed by atoms with Crippen molar-refractivity contribution in [3.05, 3.63) is 29.8 Å². The lowest BCUT2D eigenvalue weighted by Crippen LogP contribution is -2.42. The van der Waals surface area contributed by atoms with E-state index in [2.05, 4.69) is 10.2 Å². The molecule has 5 rings (SSSR count). The Kier molecular flexibility index (Phi) is 5.73. The molecule has 4 fully saturated rings. The topological polar surface area (TPSA) is 71.0 Å². The molecular weight excluding hydrogens is 380 g/mol. The van der Waals surface area contributed by atoms with Gasteiger partial charge >= 0.3 is 0 Å². The van der Waals surface area contributed by atoms with Gasteiger partial charge in [-0.2, -0.15) is 0 Å². The fraction of sp³-hybridized carbons (Fsp3) is 0.708. The first-order chi connectivity index (χ1) is 14.6. The van der Waals surface area contributed by atoms with E-state index in [9.17, 15) is 9.90 Å². The number of nitrogens with one attached hydrogen (secondary N) is 1. The molecule has 4 unspecified atom stereocenters. The molecule has 3 bridgehead atoms. The average Bonchev–Trinajstić information content (AvgIpc) is 2.93. The molecule has 3 aliphatic carbocycles. The van der Waals surface area contributed by atoms with Crippen LogP contribution in [0.4, 0.5) is 0 Å². The van der Waals surface area contributed by atoms with Gasteiger partial charge in [0, 0.05) is 31.2 Å². The second-order valence-electron chi connectivity index (χ2n) is 9.85. The minimum Gasteiger partial charge on any atom is -0.492 e. The zero-order valence-electron chi connectivity index (χ0n) is 17.7. The molecule has 2 N–H and O–H groups in total. The van der Waals surface area contributed by atoms with Gasteiger partial charge in [0.1, 0.15) is 12.4 Å². The van der Waals surface area contributed by atoms with Gasteiger partial charge in [-0.15, -0.1) is 0 Å². The zero-order chi connectivity index (χ0) is 20.6. The molecule has 1 aliphatic heterocycles. The van der Waals surface area contributed by atoms with Gasteiger partial charge < -0.3 is 19.9 Å². The summed E-state index contributed by atoms with van der Waals surface area (Å²) in [5.74, 6) is 2.33. The SMILES string of the molecule is O=C(N[C@H]1CCC2CC3CC(O)(C2)CC31)c1cccc(OCCN2CCOCC2)c1. The number of morpholine rings is 1. The third-order valence-electron chi connectivity index (χ3n) is 7.76. The standard InChI is InChI=1S/C24H34N2O4/c27-23(25-22-5-4-17-12-19-15-24(28,14-17)16-21(19)22)18-2-1-3-20(13-18)30-11-8-26-6-9-29-10-7-26/h1-3,13,17,19,21-22,28H,4-12,14-16H2,(H,25,27)/t17?,19?,21?,22-,24?/m0/s1. The number of hydrogen-bond donors (Lipinski definition) is 2. The van der Waals surface area contributed by atoms with Crippen LogP contribution < -0.4 is 10.1 Å². The number of aliphatic hydroxyl groups is 1. The fourth-order valence-corrected chi connectivity index (χ4v) is 6.40. The Morgan fingerprint density at radius 1 is 1.23 bits per heavy atom. The quantitative estimate of drug-likeness (QED) is 0.748. The number of carbonyl (C=O) groups is 1. The molecule has 1 saturated heterocycles. The van der Waals surface area contributed by atoms with Crippen molar-refractivity contribution < 1.29 is 19.4 Å². The van der Waals surface area contributed by atoms with Crippen molar-refractivity contribution in [2.45, 2.75) is 50.2 Å². The number of nitrogens with zero attached hydrogens (tertiary/aromatic N) is 1. The number of ether oxygens (including phenoxy) is 2. The summed E-state index contributed by atoms with van der Waals surface area (Å²) in [6.07, 6.45) is 6.11. The van der Waals surface area contributed by atoms with E-state index in [0.717, 1.165) is 70.7 Å². The average molecular weight is 415 g/mol. The van der Waals surface area contributed by atoms with Gasteiger partial charge in [0.2, 0.25) is 0 Å². The van der Waals surface area contributed by atoms with Crippen LogP contribution in [-0.4, -0.2) is 67.0 Å². The minimum atomic E-state index is -0.476. The summed E-state index contributed by atoms with van der Waals surface area (Å²) >= 11 is 0. The summed E-state index contributed by atoms with van der Waals surface area (Å²) in [5, 5.41) is 14.2. The van der Waals surface area contributed by atoms with E-state index >= 15 is 0 Å². The van der Waals surface area contributed by atoms with Crippen molar-refractivity contribution in [2.75, 3.05) is 39.5 Å². The van der Waals surface area contributed by atoms with Crippen LogP contribution in [0.2, 0.25) is 0 Å². The molecule has 0 aromatic heterocycles. The van der Waals surface area contributed by atoms with E-state index in [1.54, 1.807) is 0 Å². The van der Waals surface area contributed by atoms with Crippen molar-refractivity contribution in [3.8, 4) is 5.75 Å². The molecular formula is C24H34N2O4. The molecule has 4 aliphatic rings. The van der Waals surface area contributed by atoms with Gasteiger partial charge in [0.25, 0.3) is 5.91 Å². The lowest BCUT2D eigenvalue weighted by Gasteiger charge is -2.33. The van der Waals surface area contributed by atoms with E-state index in [1.807, 2.05) is 24.3 Å². The van der Waals surface area contributed by atoms with Gasteiger partial charge in [-0.1, -0.05) is 6.07 Å². The van der Waals surface area contributed by atoms with Crippen LogP contribution in [0.1, 0.15) is 48.9 Å². The monoisotopic (exact) mass is 414 g/mol. The maximum Gasteiger partial charge on any atom is 0.251 e. The van der Waals surface area contributed by atoms with Crippen LogP contribution in [0.15, 0.2) is 24.3 Å². The minimum absolute atomic E-state index is 0.0214. The highest BCUT2D eigenvalue weighted by molar-refractivity contribution is 5.94. The Morgan fingerprint density at radius 2 is 2.10 bits per heavy atom. The van der Waals surface area contributed by atoms with Crippen molar-refractivity contribution in [1.29, 1.82) is 0 Å². The van der Waals surface area contributed by atoms with E-state index in [1.165, 1.54) is 6.42 Å². The maximum absolute atomic E-state index is 13.0. The molecule has 30 heavy (non-hydrogen) atoms. The van der Waals surface area contributed by atoms with Crippen molar-refractivity contribution in [1.82, 2.24) is 10.2 Å². The molecule has 164 valence electrons. The summed E-state index contributed by atoms with van der Waals surface area (Å²) in [5.41, 5.74) is 0.178. The number of carbonyl (C=O) groups excluding carboxylic acids is 1. The van der Waals surface area contributed by atoms with Gasteiger partial charge in [-0.25, -0.2) is 0 Å². The van der Waals surface area contributed by atoms with E-state index in [4.69, 9.17) is 9.47 Å². The highest BCUT2D eigenvalue weighted by Crippen LogP contribution is 2.55. The van der Waals surface area contributed by atoms with Crippen LogP contribution >= 0.6 is 0 Å². The van der Waals surface area contributed by atoms with Crippen LogP contribution in [0.25, 0.3) is 0 Å². The van der Waals surface area contributed by atoms with Crippen LogP contribution in [0, 0.1) is 17.8 Å². The highest BCUT2D eigenvalue weighted by Gasteiger charge is 2.53. The van der Waals surface area contributed by atoms with Crippen LogP contribution in [0.3, 0.4) is 0 Å². The third-order valence-corrected chi connectivity index (χ3v) is 7.76. The third kappa shape index (κ3) is 4.36. The van der Waals surface area contributed by atoms with Crippen LogP contribution in [-0.2, 0) is 4.74 Å². The van der Waals surface area contributed by atoms with Gasteiger partial charge in [-0.3, -0.25) is 9.69 Å². The molecule has 3 saturated carbocycles. The molecule has 5 atom stereocenters. The normalized spacial score (nSPS) is 35.8. The van der Waals surface area contributed by atoms with Crippen molar-refractivity contribution in [3.63, 3.8) is 0 Å². The van der Waals surface area contributed by atoms with Gasteiger partial charge in [0.05, 0.1) is 18.8 Å². The molecule has 1 aromatic rings. The smallest absolute Gasteiger partial charge is 0.251 e. The predicted octanol–water partition coefficient (Wildman–Crippen LogP) is 2.46. The molecule has 1 amide bonds. The molecule has 6 nitrogen and oxygen atoms in total. The number of hydrogen-bond acceptors (Lipinski definition) is 5.